The molecule has 0 radical (unpaired) electrons. The highest BCUT2D eigenvalue weighted by molar-refractivity contribution is 9.10. The molecule has 1 aromatic rings. The van der Waals surface area contributed by atoms with Gasteiger partial charge in [-0.1, -0.05) is 0 Å². The van der Waals surface area contributed by atoms with E-state index in [4.69, 9.17) is 4.42 Å². The van der Waals surface area contributed by atoms with Gasteiger partial charge in [-0.3, -0.25) is 9.59 Å². The topological polar surface area (TPSA) is 59.3 Å². The number of nitrogens with one attached hydrogen (secondary N) is 1. The number of carbonyl (C=O) groups excluding carboxylic acids is 2. The van der Waals surface area contributed by atoms with Crippen molar-refractivity contribution in [3.63, 3.8) is 0 Å². The second kappa shape index (κ2) is 2.99. The third kappa shape index (κ3) is 1.19. The molecule has 1 aliphatic rings. The predicted octanol–water partition coefficient (Wildman–Crippen LogP) is 1.14. The van der Waals surface area contributed by atoms with Crippen molar-refractivity contribution in [3.8, 4) is 0 Å². The van der Waals surface area contributed by atoms with Crippen molar-refractivity contribution in [2.24, 2.45) is 0 Å². The van der Waals surface area contributed by atoms with Gasteiger partial charge in [-0.2, -0.15) is 0 Å². The quantitative estimate of drug-likeness (QED) is 0.753. The van der Waals surface area contributed by atoms with E-state index in [0.717, 1.165) is 5.56 Å². The van der Waals surface area contributed by atoms with Crippen molar-refractivity contribution in [2.45, 2.75) is 6.42 Å². The largest absolute Gasteiger partial charge is 0.445 e. The smallest absolute Gasteiger partial charge is 0.255 e. The van der Waals surface area contributed by atoms with Crippen LogP contribution < -0.4 is 5.32 Å². The monoisotopic (exact) mass is 243 g/mol. The van der Waals surface area contributed by atoms with E-state index >= 15 is 0 Å². The Kier molecular flexibility index (Phi) is 1.95. The Bertz CT molecular complexity index is 383. The third-order valence-electron chi connectivity index (χ3n) is 1.98. The number of aldehydes is 1. The summed E-state index contributed by atoms with van der Waals surface area (Å²) < 4.78 is 5.56. The number of fused-ring (bicyclic) bond motifs is 1. The van der Waals surface area contributed by atoms with E-state index in [0.29, 0.717) is 29.5 Å². The van der Waals surface area contributed by atoms with Gasteiger partial charge in [0, 0.05) is 12.1 Å². The number of carbonyl (C=O) groups is 2. The summed E-state index contributed by atoms with van der Waals surface area (Å²) in [6, 6.07) is 0. The van der Waals surface area contributed by atoms with Gasteiger partial charge in [-0.15, -0.1) is 0 Å². The van der Waals surface area contributed by atoms with E-state index in [1.54, 1.807) is 0 Å². The van der Waals surface area contributed by atoms with Crippen LogP contribution in [-0.2, 0) is 6.42 Å². The van der Waals surface area contributed by atoms with Gasteiger partial charge in [0.2, 0.25) is 0 Å². The summed E-state index contributed by atoms with van der Waals surface area (Å²) in [5.41, 5.74) is 1.15. The summed E-state index contributed by atoms with van der Waals surface area (Å²) in [7, 11) is 0. The van der Waals surface area contributed by atoms with E-state index in [2.05, 4.69) is 21.2 Å². The number of hydrogen-bond acceptors (Lipinski definition) is 3. The average molecular weight is 244 g/mol. The van der Waals surface area contributed by atoms with E-state index in [1.807, 2.05) is 0 Å². The van der Waals surface area contributed by atoms with Crippen molar-refractivity contribution in [1.29, 1.82) is 0 Å². The third-order valence-corrected chi connectivity index (χ3v) is 2.62. The summed E-state index contributed by atoms with van der Waals surface area (Å²) in [4.78, 5) is 21.9. The molecule has 0 fully saturated rings. The summed E-state index contributed by atoms with van der Waals surface area (Å²) in [5.74, 6) is -0.142. The first-order valence-corrected chi connectivity index (χ1v) is 4.58. The summed E-state index contributed by atoms with van der Waals surface area (Å²) in [5, 5.41) is 2.65. The fraction of sp³-hybridized carbons (Fsp3) is 0.250. The van der Waals surface area contributed by atoms with Crippen LogP contribution in [0.1, 0.15) is 26.5 Å². The minimum Gasteiger partial charge on any atom is -0.445 e. The molecule has 1 aliphatic heterocycles. The van der Waals surface area contributed by atoms with Gasteiger partial charge in [0.1, 0.15) is 0 Å². The van der Waals surface area contributed by atoms with Gasteiger partial charge in [0.15, 0.2) is 16.7 Å². The zero-order valence-electron chi connectivity index (χ0n) is 6.59. The van der Waals surface area contributed by atoms with E-state index < -0.39 is 0 Å². The molecule has 1 amide bonds. The SMILES string of the molecule is O=Cc1oc(Br)c2c1C(=O)NCC2. The number of halogens is 1. The zero-order valence-corrected chi connectivity index (χ0v) is 8.18. The Morgan fingerprint density at radius 1 is 1.54 bits per heavy atom. The van der Waals surface area contributed by atoms with Crippen LogP contribution in [-0.4, -0.2) is 18.7 Å². The highest BCUT2D eigenvalue weighted by Crippen LogP contribution is 2.28. The van der Waals surface area contributed by atoms with Gasteiger partial charge < -0.3 is 9.73 Å². The molecule has 0 aromatic carbocycles. The first-order chi connectivity index (χ1) is 6.24. The zero-order chi connectivity index (χ0) is 9.42. The standard InChI is InChI=1S/C8H6BrNO3/c9-7-4-1-2-10-8(12)6(4)5(3-11)13-7/h3H,1-2H2,(H,10,12). The molecule has 0 spiro atoms. The lowest BCUT2D eigenvalue weighted by Crippen LogP contribution is -2.31. The van der Waals surface area contributed by atoms with Gasteiger partial charge in [0.25, 0.3) is 5.91 Å². The lowest BCUT2D eigenvalue weighted by molar-refractivity contribution is 0.0938. The second-order valence-corrected chi connectivity index (χ2v) is 3.44. The van der Waals surface area contributed by atoms with Crippen molar-refractivity contribution >= 4 is 28.1 Å². The summed E-state index contributed by atoms with van der Waals surface area (Å²) in [6.07, 6.45) is 1.24. The van der Waals surface area contributed by atoms with Crippen LogP contribution in [0.15, 0.2) is 9.09 Å². The van der Waals surface area contributed by atoms with Gasteiger partial charge in [-0.25, -0.2) is 0 Å². The molecule has 1 N–H and O–H groups in total. The fourth-order valence-electron chi connectivity index (χ4n) is 1.40. The second-order valence-electron chi connectivity index (χ2n) is 2.72. The predicted molar refractivity (Wildman–Crippen MR) is 47.8 cm³/mol. The molecule has 0 saturated heterocycles. The Labute approximate surface area is 82.4 Å². The summed E-state index contributed by atoms with van der Waals surface area (Å²) in [6.45, 7) is 0.586. The molecule has 0 aliphatic carbocycles. The molecule has 5 heteroatoms. The van der Waals surface area contributed by atoms with Crippen LogP contribution in [0.25, 0.3) is 0 Å². The Morgan fingerprint density at radius 2 is 2.31 bits per heavy atom. The highest BCUT2D eigenvalue weighted by atomic mass is 79.9. The normalized spacial score (nSPS) is 15.0. The maximum atomic E-state index is 11.3. The number of furan rings is 1. The molecule has 0 bridgehead atoms. The van der Waals surface area contributed by atoms with Gasteiger partial charge >= 0.3 is 0 Å². The van der Waals surface area contributed by atoms with Crippen LogP contribution in [0.4, 0.5) is 0 Å². The molecular formula is C8H6BrNO3. The molecule has 13 heavy (non-hydrogen) atoms. The Hall–Kier alpha value is -1.10. The summed E-state index contributed by atoms with van der Waals surface area (Å²) >= 11 is 3.17. The van der Waals surface area contributed by atoms with Crippen LogP contribution in [0.2, 0.25) is 0 Å². The maximum absolute atomic E-state index is 11.3. The van der Waals surface area contributed by atoms with Gasteiger partial charge in [-0.05, 0) is 22.4 Å². The number of rotatable bonds is 1. The van der Waals surface area contributed by atoms with Crippen LogP contribution in [0.3, 0.4) is 0 Å². The molecule has 2 heterocycles. The lowest BCUT2D eigenvalue weighted by Gasteiger charge is -2.11. The van der Waals surface area contributed by atoms with Crippen LogP contribution in [0, 0.1) is 0 Å². The lowest BCUT2D eigenvalue weighted by atomic mass is 10.0. The maximum Gasteiger partial charge on any atom is 0.255 e. The van der Waals surface area contributed by atoms with Crippen molar-refractivity contribution < 1.29 is 14.0 Å². The molecule has 0 saturated carbocycles. The molecule has 4 nitrogen and oxygen atoms in total. The first-order valence-electron chi connectivity index (χ1n) is 3.78. The van der Waals surface area contributed by atoms with Crippen molar-refractivity contribution in [1.82, 2.24) is 5.32 Å². The van der Waals surface area contributed by atoms with Crippen molar-refractivity contribution in [3.05, 3.63) is 21.6 Å². The molecule has 68 valence electrons. The molecular weight excluding hydrogens is 238 g/mol. The number of amides is 1. The Morgan fingerprint density at radius 3 is 3.00 bits per heavy atom. The molecule has 2 rings (SSSR count). The van der Waals surface area contributed by atoms with Crippen molar-refractivity contribution in [2.75, 3.05) is 6.54 Å². The highest BCUT2D eigenvalue weighted by Gasteiger charge is 2.26. The fourth-order valence-corrected chi connectivity index (χ4v) is 1.97. The molecule has 0 atom stereocenters. The minimum absolute atomic E-state index is 0.0964. The molecule has 1 aromatic heterocycles. The van der Waals surface area contributed by atoms with Crippen LogP contribution in [0.5, 0.6) is 0 Å². The van der Waals surface area contributed by atoms with Gasteiger partial charge in [0.05, 0.1) is 5.56 Å². The first kappa shape index (κ1) is 8.50. The average Bonchev–Trinajstić information content (AvgIpc) is 2.45. The van der Waals surface area contributed by atoms with Crippen LogP contribution >= 0.6 is 15.9 Å². The van der Waals surface area contributed by atoms with E-state index in [1.165, 1.54) is 0 Å². The minimum atomic E-state index is -0.238. The molecule has 0 unspecified atom stereocenters. The Balaban J connectivity index is 2.64. The number of hydrogen-bond donors (Lipinski definition) is 1. The van der Waals surface area contributed by atoms with E-state index in [9.17, 15) is 9.59 Å². The van der Waals surface area contributed by atoms with E-state index in [-0.39, 0.29) is 11.7 Å².